The zero-order valence-electron chi connectivity index (χ0n) is 12.5. The summed E-state index contributed by atoms with van der Waals surface area (Å²) in [4.78, 5) is 2.62. The van der Waals surface area contributed by atoms with Crippen molar-refractivity contribution in [1.82, 2.24) is 4.90 Å². The molecule has 1 aliphatic carbocycles. The monoisotopic (exact) mass is 253 g/mol. The lowest BCUT2D eigenvalue weighted by molar-refractivity contribution is 0.0329. The summed E-state index contributed by atoms with van der Waals surface area (Å²) in [6.45, 7) is 10.4. The summed E-state index contributed by atoms with van der Waals surface area (Å²) >= 11 is 0. The van der Waals surface area contributed by atoms with E-state index in [4.69, 9.17) is 0 Å². The topological polar surface area (TPSA) is 23.5 Å². The van der Waals surface area contributed by atoms with E-state index in [1.807, 2.05) is 0 Å². The lowest BCUT2D eigenvalue weighted by Crippen LogP contribution is -2.37. The number of aliphatic hydroxyl groups excluding tert-OH is 1. The van der Waals surface area contributed by atoms with Crippen molar-refractivity contribution in [2.75, 3.05) is 19.6 Å². The average molecular weight is 253 g/mol. The van der Waals surface area contributed by atoms with Gasteiger partial charge >= 0.3 is 0 Å². The Morgan fingerprint density at radius 2 is 1.94 bits per heavy atom. The number of hydrogen-bond acceptors (Lipinski definition) is 2. The highest BCUT2D eigenvalue weighted by molar-refractivity contribution is 4.92. The summed E-state index contributed by atoms with van der Waals surface area (Å²) in [5.41, 5.74) is 0.141. The van der Waals surface area contributed by atoms with Crippen LogP contribution in [0.15, 0.2) is 0 Å². The van der Waals surface area contributed by atoms with E-state index in [0.717, 1.165) is 12.5 Å². The van der Waals surface area contributed by atoms with Gasteiger partial charge in [-0.15, -0.1) is 0 Å². The summed E-state index contributed by atoms with van der Waals surface area (Å²) in [7, 11) is 0. The van der Waals surface area contributed by atoms with E-state index in [0.29, 0.717) is 5.92 Å². The molecule has 2 heteroatoms. The van der Waals surface area contributed by atoms with E-state index in [-0.39, 0.29) is 11.5 Å². The fourth-order valence-electron chi connectivity index (χ4n) is 3.84. The SMILES string of the molecule is CCC1CCCN(CC2CCC(C)(C)C2O)CC1. The van der Waals surface area contributed by atoms with Crippen molar-refractivity contribution in [3.8, 4) is 0 Å². The van der Waals surface area contributed by atoms with Gasteiger partial charge in [-0.2, -0.15) is 0 Å². The number of nitrogens with zero attached hydrogens (tertiary/aromatic N) is 1. The van der Waals surface area contributed by atoms with Crippen LogP contribution in [0.1, 0.15) is 59.3 Å². The second kappa shape index (κ2) is 5.92. The molecule has 0 amide bonds. The number of rotatable bonds is 3. The fourth-order valence-corrected chi connectivity index (χ4v) is 3.84. The molecule has 18 heavy (non-hydrogen) atoms. The van der Waals surface area contributed by atoms with Gasteiger partial charge in [-0.25, -0.2) is 0 Å². The molecule has 2 aliphatic rings. The van der Waals surface area contributed by atoms with Crippen LogP contribution in [-0.4, -0.2) is 35.7 Å². The van der Waals surface area contributed by atoms with Gasteiger partial charge in [-0.05, 0) is 62.4 Å². The Labute approximate surface area is 113 Å². The van der Waals surface area contributed by atoms with Gasteiger partial charge in [0.25, 0.3) is 0 Å². The molecule has 1 heterocycles. The largest absolute Gasteiger partial charge is 0.392 e. The van der Waals surface area contributed by atoms with E-state index in [9.17, 15) is 5.11 Å². The molecular formula is C16H31NO. The summed E-state index contributed by atoms with van der Waals surface area (Å²) in [6, 6.07) is 0. The fraction of sp³-hybridized carbons (Fsp3) is 1.00. The minimum Gasteiger partial charge on any atom is -0.392 e. The summed E-state index contributed by atoms with van der Waals surface area (Å²) in [5.74, 6) is 1.46. The molecule has 1 N–H and O–H groups in total. The Morgan fingerprint density at radius 1 is 1.17 bits per heavy atom. The molecule has 2 fully saturated rings. The van der Waals surface area contributed by atoms with Crippen LogP contribution < -0.4 is 0 Å². The van der Waals surface area contributed by atoms with Crippen LogP contribution in [0.3, 0.4) is 0 Å². The third kappa shape index (κ3) is 3.27. The van der Waals surface area contributed by atoms with Gasteiger partial charge < -0.3 is 10.0 Å². The quantitative estimate of drug-likeness (QED) is 0.834. The van der Waals surface area contributed by atoms with Crippen LogP contribution in [-0.2, 0) is 0 Å². The molecular weight excluding hydrogens is 222 g/mol. The molecule has 0 spiro atoms. The maximum Gasteiger partial charge on any atom is 0.0631 e. The van der Waals surface area contributed by atoms with Gasteiger partial charge in [0.1, 0.15) is 0 Å². The molecule has 2 rings (SSSR count). The predicted molar refractivity (Wildman–Crippen MR) is 76.6 cm³/mol. The molecule has 1 aliphatic heterocycles. The molecule has 1 saturated carbocycles. The van der Waals surface area contributed by atoms with Crippen molar-refractivity contribution in [3.05, 3.63) is 0 Å². The van der Waals surface area contributed by atoms with Crippen molar-refractivity contribution in [3.63, 3.8) is 0 Å². The van der Waals surface area contributed by atoms with Crippen LogP contribution in [0.5, 0.6) is 0 Å². The van der Waals surface area contributed by atoms with Gasteiger partial charge in [-0.1, -0.05) is 27.2 Å². The summed E-state index contributed by atoms with van der Waals surface area (Å²) in [5, 5.41) is 10.4. The zero-order chi connectivity index (χ0) is 13.2. The Kier molecular flexibility index (Phi) is 4.71. The minimum atomic E-state index is -0.0947. The third-order valence-corrected chi connectivity index (χ3v) is 5.42. The van der Waals surface area contributed by atoms with E-state index < -0.39 is 0 Å². The average Bonchev–Trinajstić information content (AvgIpc) is 2.56. The van der Waals surface area contributed by atoms with Gasteiger partial charge in [0.05, 0.1) is 6.10 Å². The van der Waals surface area contributed by atoms with Gasteiger partial charge in [-0.3, -0.25) is 0 Å². The molecule has 106 valence electrons. The van der Waals surface area contributed by atoms with Gasteiger partial charge in [0, 0.05) is 6.54 Å². The molecule has 3 unspecified atom stereocenters. The zero-order valence-corrected chi connectivity index (χ0v) is 12.5. The third-order valence-electron chi connectivity index (χ3n) is 5.42. The first kappa shape index (κ1) is 14.3. The Bertz CT molecular complexity index is 264. The van der Waals surface area contributed by atoms with Crippen molar-refractivity contribution in [2.24, 2.45) is 17.3 Å². The van der Waals surface area contributed by atoms with Crippen LogP contribution in [0.25, 0.3) is 0 Å². The first-order valence-corrected chi connectivity index (χ1v) is 7.93. The van der Waals surface area contributed by atoms with E-state index >= 15 is 0 Å². The molecule has 1 saturated heterocycles. The normalized spacial score (nSPS) is 37.7. The van der Waals surface area contributed by atoms with Crippen LogP contribution in [0, 0.1) is 17.3 Å². The second-order valence-electron chi connectivity index (χ2n) is 7.24. The van der Waals surface area contributed by atoms with Gasteiger partial charge in [0.15, 0.2) is 0 Å². The first-order valence-electron chi connectivity index (χ1n) is 7.93. The summed E-state index contributed by atoms with van der Waals surface area (Å²) < 4.78 is 0. The molecule has 0 aromatic rings. The van der Waals surface area contributed by atoms with Crippen LogP contribution in [0.2, 0.25) is 0 Å². The maximum atomic E-state index is 10.4. The molecule has 0 bridgehead atoms. The Balaban J connectivity index is 1.83. The predicted octanol–water partition coefficient (Wildman–Crippen LogP) is 3.30. The highest BCUT2D eigenvalue weighted by atomic mass is 16.3. The van der Waals surface area contributed by atoms with Crippen molar-refractivity contribution in [2.45, 2.75) is 65.4 Å². The van der Waals surface area contributed by atoms with Crippen molar-refractivity contribution >= 4 is 0 Å². The standard InChI is InChI=1S/C16H31NO/c1-4-13-6-5-10-17(11-8-13)12-14-7-9-16(2,3)15(14)18/h13-15,18H,4-12H2,1-3H3. The highest BCUT2D eigenvalue weighted by Gasteiger charge is 2.41. The highest BCUT2D eigenvalue weighted by Crippen LogP contribution is 2.41. The first-order chi connectivity index (χ1) is 8.53. The molecule has 3 atom stereocenters. The van der Waals surface area contributed by atoms with Crippen LogP contribution in [0.4, 0.5) is 0 Å². The summed E-state index contributed by atoms with van der Waals surface area (Å²) in [6.07, 6.45) is 7.76. The van der Waals surface area contributed by atoms with E-state index in [1.165, 1.54) is 51.6 Å². The van der Waals surface area contributed by atoms with Gasteiger partial charge in [0.2, 0.25) is 0 Å². The number of likely N-dealkylation sites (tertiary alicyclic amines) is 1. The van der Waals surface area contributed by atoms with Crippen molar-refractivity contribution < 1.29 is 5.11 Å². The lowest BCUT2D eigenvalue weighted by Gasteiger charge is -2.29. The molecule has 0 aromatic heterocycles. The Hall–Kier alpha value is -0.0800. The molecule has 0 radical (unpaired) electrons. The second-order valence-corrected chi connectivity index (χ2v) is 7.24. The minimum absolute atomic E-state index is 0.0947. The lowest BCUT2D eigenvalue weighted by atomic mass is 9.87. The van der Waals surface area contributed by atoms with E-state index in [2.05, 4.69) is 25.7 Å². The molecule has 0 aromatic carbocycles. The van der Waals surface area contributed by atoms with Crippen molar-refractivity contribution in [1.29, 1.82) is 0 Å². The smallest absolute Gasteiger partial charge is 0.0631 e. The van der Waals surface area contributed by atoms with E-state index in [1.54, 1.807) is 0 Å². The number of aliphatic hydroxyl groups is 1. The number of hydrogen-bond donors (Lipinski definition) is 1. The molecule has 2 nitrogen and oxygen atoms in total. The Morgan fingerprint density at radius 3 is 2.56 bits per heavy atom. The van der Waals surface area contributed by atoms with Crippen LogP contribution >= 0.6 is 0 Å². The maximum absolute atomic E-state index is 10.4.